The van der Waals surface area contributed by atoms with Gasteiger partial charge in [-0.1, -0.05) is 5.16 Å². The number of halogens is 1. The smallest absolute Gasteiger partial charge is 0.347 e. The molecular formula is C12H11FN2O3. The van der Waals surface area contributed by atoms with Gasteiger partial charge in [0.05, 0.1) is 6.61 Å². The second-order valence-electron chi connectivity index (χ2n) is 3.14. The Hall–Kier alpha value is -2.42. The summed E-state index contributed by atoms with van der Waals surface area (Å²) in [6.45, 7) is 1.54. The van der Waals surface area contributed by atoms with Gasteiger partial charge >= 0.3 is 5.97 Å². The summed E-state index contributed by atoms with van der Waals surface area (Å²) in [6.07, 6.45) is 0. The van der Waals surface area contributed by atoms with Gasteiger partial charge < -0.3 is 9.57 Å². The Morgan fingerprint density at radius 1 is 1.44 bits per heavy atom. The summed E-state index contributed by atoms with van der Waals surface area (Å²) in [5.74, 6) is -0.985. The van der Waals surface area contributed by atoms with Crippen LogP contribution in [0, 0.1) is 17.1 Å². The molecule has 0 aliphatic carbocycles. The van der Waals surface area contributed by atoms with Gasteiger partial charge in [0.25, 0.3) is 0 Å². The molecule has 0 unspecified atom stereocenters. The molecule has 94 valence electrons. The zero-order valence-corrected chi connectivity index (χ0v) is 9.72. The Bertz CT molecular complexity index is 477. The second-order valence-corrected chi connectivity index (χ2v) is 3.14. The minimum absolute atomic E-state index is 0.0423. The minimum Gasteiger partial charge on any atom is -0.463 e. The fourth-order valence-electron chi connectivity index (χ4n) is 1.10. The summed E-state index contributed by atoms with van der Waals surface area (Å²) >= 11 is 0. The van der Waals surface area contributed by atoms with Crippen molar-refractivity contribution in [2.24, 2.45) is 5.16 Å². The first-order valence-corrected chi connectivity index (χ1v) is 5.19. The van der Waals surface area contributed by atoms with Crippen LogP contribution in [0.4, 0.5) is 4.39 Å². The van der Waals surface area contributed by atoms with Gasteiger partial charge in [-0.15, -0.1) is 0 Å². The van der Waals surface area contributed by atoms with Gasteiger partial charge in [0, 0.05) is 5.56 Å². The first kappa shape index (κ1) is 13.6. The van der Waals surface area contributed by atoms with Gasteiger partial charge in [0.2, 0.25) is 6.61 Å². The number of hydrogen-bond acceptors (Lipinski definition) is 5. The van der Waals surface area contributed by atoms with E-state index in [9.17, 15) is 9.18 Å². The van der Waals surface area contributed by atoms with Crippen molar-refractivity contribution in [2.75, 3.05) is 13.2 Å². The highest BCUT2D eigenvalue weighted by molar-refractivity contribution is 6.11. The number of rotatable bonds is 5. The van der Waals surface area contributed by atoms with E-state index in [0.717, 1.165) is 0 Å². The number of oxime groups is 1. The van der Waals surface area contributed by atoms with Crippen LogP contribution in [0.3, 0.4) is 0 Å². The molecule has 0 aliphatic heterocycles. The Labute approximate surface area is 103 Å². The van der Waals surface area contributed by atoms with Gasteiger partial charge in [-0.25, -0.2) is 9.18 Å². The highest BCUT2D eigenvalue weighted by atomic mass is 19.1. The lowest BCUT2D eigenvalue weighted by atomic mass is 10.1. The first-order valence-electron chi connectivity index (χ1n) is 5.19. The van der Waals surface area contributed by atoms with E-state index in [1.165, 1.54) is 24.3 Å². The number of nitriles is 1. The van der Waals surface area contributed by atoms with Crippen molar-refractivity contribution >= 4 is 11.7 Å². The Morgan fingerprint density at radius 3 is 2.67 bits per heavy atom. The highest BCUT2D eigenvalue weighted by Crippen LogP contribution is 2.04. The van der Waals surface area contributed by atoms with E-state index in [-0.39, 0.29) is 18.9 Å². The van der Waals surface area contributed by atoms with Crippen molar-refractivity contribution in [3.05, 3.63) is 35.6 Å². The Kier molecular flexibility index (Phi) is 5.32. The fraction of sp³-hybridized carbons (Fsp3) is 0.250. The molecule has 5 nitrogen and oxygen atoms in total. The summed E-state index contributed by atoms with van der Waals surface area (Å²) in [4.78, 5) is 15.6. The maximum Gasteiger partial charge on any atom is 0.347 e. The Balaban J connectivity index is 2.64. The third-order valence-electron chi connectivity index (χ3n) is 1.87. The van der Waals surface area contributed by atoms with Crippen LogP contribution < -0.4 is 0 Å². The first-order chi connectivity index (χ1) is 8.67. The molecule has 0 N–H and O–H groups in total. The minimum atomic E-state index is -0.572. The molecule has 0 fully saturated rings. The van der Waals surface area contributed by atoms with E-state index in [0.29, 0.717) is 5.56 Å². The largest absolute Gasteiger partial charge is 0.463 e. The molecule has 0 bridgehead atoms. The van der Waals surface area contributed by atoms with Crippen molar-refractivity contribution in [2.45, 2.75) is 6.92 Å². The van der Waals surface area contributed by atoms with Crippen LogP contribution in [0.2, 0.25) is 0 Å². The van der Waals surface area contributed by atoms with Gasteiger partial charge in [-0.2, -0.15) is 5.26 Å². The van der Waals surface area contributed by atoms with Crippen molar-refractivity contribution in [3.8, 4) is 6.07 Å². The summed E-state index contributed by atoms with van der Waals surface area (Å²) < 4.78 is 17.3. The monoisotopic (exact) mass is 250 g/mol. The summed E-state index contributed by atoms with van der Waals surface area (Å²) in [5, 5.41) is 12.3. The SMILES string of the molecule is CCOC(=O)CO/N=C(\C#N)c1ccc(F)cc1. The molecule has 1 aromatic rings. The molecule has 0 amide bonds. The topological polar surface area (TPSA) is 71.7 Å². The van der Waals surface area contributed by atoms with E-state index >= 15 is 0 Å². The van der Waals surface area contributed by atoms with Crippen LogP contribution in [0.5, 0.6) is 0 Å². The molecule has 0 aliphatic rings. The fourth-order valence-corrected chi connectivity index (χ4v) is 1.10. The lowest BCUT2D eigenvalue weighted by Gasteiger charge is -2.01. The van der Waals surface area contributed by atoms with Crippen molar-refractivity contribution in [3.63, 3.8) is 0 Å². The number of ether oxygens (including phenoxy) is 1. The van der Waals surface area contributed by atoms with Gasteiger partial charge in [0.15, 0.2) is 5.71 Å². The normalized spacial score (nSPS) is 10.6. The summed E-state index contributed by atoms with van der Waals surface area (Å²) in [7, 11) is 0. The summed E-state index contributed by atoms with van der Waals surface area (Å²) in [5.41, 5.74) is 0.363. The molecule has 0 saturated carbocycles. The quantitative estimate of drug-likeness (QED) is 0.452. The number of hydrogen-bond donors (Lipinski definition) is 0. The zero-order valence-electron chi connectivity index (χ0n) is 9.72. The molecule has 1 aromatic carbocycles. The molecule has 6 heteroatoms. The van der Waals surface area contributed by atoms with Crippen LogP contribution >= 0.6 is 0 Å². The average molecular weight is 250 g/mol. The van der Waals surface area contributed by atoms with E-state index in [4.69, 9.17) is 5.26 Å². The van der Waals surface area contributed by atoms with Crippen LogP contribution in [0.1, 0.15) is 12.5 Å². The number of benzene rings is 1. The zero-order chi connectivity index (χ0) is 13.4. The Morgan fingerprint density at radius 2 is 2.11 bits per heavy atom. The van der Waals surface area contributed by atoms with Gasteiger partial charge in [0.1, 0.15) is 11.9 Å². The predicted octanol–water partition coefficient (Wildman–Crippen LogP) is 1.63. The third kappa shape index (κ3) is 4.22. The van der Waals surface area contributed by atoms with E-state index in [1.807, 2.05) is 0 Å². The molecule has 0 saturated heterocycles. The van der Waals surface area contributed by atoms with Gasteiger partial charge in [-0.05, 0) is 31.2 Å². The maximum atomic E-state index is 12.7. The van der Waals surface area contributed by atoms with Gasteiger partial charge in [-0.3, -0.25) is 0 Å². The average Bonchev–Trinajstić information content (AvgIpc) is 2.36. The van der Waals surface area contributed by atoms with Crippen LogP contribution in [0.25, 0.3) is 0 Å². The van der Waals surface area contributed by atoms with Crippen molar-refractivity contribution < 1.29 is 18.8 Å². The van der Waals surface area contributed by atoms with E-state index < -0.39 is 11.8 Å². The van der Waals surface area contributed by atoms with E-state index in [1.54, 1.807) is 13.0 Å². The summed E-state index contributed by atoms with van der Waals surface area (Å²) in [6, 6.07) is 6.99. The number of nitrogens with zero attached hydrogens (tertiary/aromatic N) is 2. The third-order valence-corrected chi connectivity index (χ3v) is 1.87. The molecule has 1 rings (SSSR count). The molecule has 0 atom stereocenters. The standard InChI is InChI=1S/C12H11FN2O3/c1-2-17-12(16)8-18-15-11(7-14)9-3-5-10(13)6-4-9/h3-6H,2,8H2,1H3/b15-11+. The number of esters is 1. The molecule has 0 spiro atoms. The second kappa shape index (κ2) is 7.01. The van der Waals surface area contributed by atoms with Crippen LogP contribution in [0.15, 0.2) is 29.4 Å². The van der Waals surface area contributed by atoms with Crippen LogP contribution in [-0.2, 0) is 14.4 Å². The van der Waals surface area contributed by atoms with Crippen LogP contribution in [-0.4, -0.2) is 24.9 Å². The number of carbonyl (C=O) groups is 1. The molecule has 18 heavy (non-hydrogen) atoms. The van der Waals surface area contributed by atoms with Crippen molar-refractivity contribution in [1.82, 2.24) is 0 Å². The molecular weight excluding hydrogens is 239 g/mol. The number of carbonyl (C=O) groups excluding carboxylic acids is 1. The lowest BCUT2D eigenvalue weighted by molar-refractivity contribution is -0.148. The predicted molar refractivity (Wildman–Crippen MR) is 61.1 cm³/mol. The maximum absolute atomic E-state index is 12.7. The lowest BCUT2D eigenvalue weighted by Crippen LogP contribution is -2.11. The molecule has 0 heterocycles. The van der Waals surface area contributed by atoms with E-state index in [2.05, 4.69) is 14.7 Å². The highest BCUT2D eigenvalue weighted by Gasteiger charge is 2.05. The van der Waals surface area contributed by atoms with Crippen molar-refractivity contribution in [1.29, 1.82) is 5.26 Å². The molecule has 0 aromatic heterocycles. The molecule has 0 radical (unpaired) electrons.